The molecule has 0 saturated carbocycles. The van der Waals surface area contributed by atoms with Gasteiger partial charge in [0.05, 0.1) is 36.1 Å². The third-order valence-corrected chi connectivity index (χ3v) is 5.43. The quantitative estimate of drug-likeness (QED) is 0.711. The molecule has 2 aromatic rings. The fourth-order valence-electron chi connectivity index (χ4n) is 3.04. The molecule has 1 amide bonds. The molecule has 28 heavy (non-hydrogen) atoms. The second-order valence-corrected chi connectivity index (χ2v) is 7.50. The summed E-state index contributed by atoms with van der Waals surface area (Å²) in [5.74, 6) is 1.36. The highest BCUT2D eigenvalue weighted by Gasteiger charge is 2.22. The maximum absolute atomic E-state index is 12.6. The summed E-state index contributed by atoms with van der Waals surface area (Å²) in [6.45, 7) is 4.01. The van der Waals surface area contributed by atoms with Gasteiger partial charge < -0.3 is 14.5 Å². The molecule has 0 N–H and O–H groups in total. The summed E-state index contributed by atoms with van der Waals surface area (Å²) in [5, 5.41) is 1.01. The highest BCUT2D eigenvalue weighted by Crippen LogP contribution is 2.23. The van der Waals surface area contributed by atoms with Crippen LogP contribution in [0.15, 0.2) is 30.6 Å². The van der Waals surface area contributed by atoms with Crippen LogP contribution in [0.3, 0.4) is 0 Å². The molecule has 0 spiro atoms. The lowest BCUT2D eigenvalue weighted by molar-refractivity contribution is -0.131. The van der Waals surface area contributed by atoms with Crippen molar-refractivity contribution >= 4 is 34.9 Å². The molecule has 1 saturated heterocycles. The van der Waals surface area contributed by atoms with Gasteiger partial charge in [-0.1, -0.05) is 29.3 Å². The lowest BCUT2D eigenvalue weighted by Gasteiger charge is -2.35. The van der Waals surface area contributed by atoms with E-state index >= 15 is 0 Å². The van der Waals surface area contributed by atoms with E-state index in [4.69, 9.17) is 27.9 Å². The summed E-state index contributed by atoms with van der Waals surface area (Å²) in [4.78, 5) is 27.2. The van der Waals surface area contributed by atoms with Crippen LogP contribution in [-0.4, -0.2) is 72.6 Å². The Morgan fingerprint density at radius 1 is 1.18 bits per heavy atom. The van der Waals surface area contributed by atoms with Gasteiger partial charge in [0.2, 0.25) is 11.8 Å². The molecule has 0 atom stereocenters. The van der Waals surface area contributed by atoms with E-state index in [1.54, 1.807) is 43.6 Å². The molecule has 9 heteroatoms. The van der Waals surface area contributed by atoms with Crippen molar-refractivity contribution in [2.45, 2.75) is 6.54 Å². The molecule has 1 aliphatic heterocycles. The second kappa shape index (κ2) is 9.41. The first-order chi connectivity index (χ1) is 13.5. The van der Waals surface area contributed by atoms with Crippen LogP contribution in [0.2, 0.25) is 10.0 Å². The third kappa shape index (κ3) is 5.25. The fourth-order valence-corrected chi connectivity index (χ4v) is 3.36. The number of aromatic nitrogens is 2. The first-order valence-corrected chi connectivity index (χ1v) is 9.73. The second-order valence-electron chi connectivity index (χ2n) is 6.68. The lowest BCUT2D eigenvalue weighted by Crippen LogP contribution is -2.49. The molecule has 0 radical (unpaired) electrons. The van der Waals surface area contributed by atoms with Gasteiger partial charge in [-0.2, -0.15) is 4.98 Å². The van der Waals surface area contributed by atoms with Crippen LogP contribution in [-0.2, 0) is 11.3 Å². The molecule has 2 heterocycles. The van der Waals surface area contributed by atoms with E-state index in [1.165, 1.54) is 0 Å². The zero-order chi connectivity index (χ0) is 20.1. The average molecular weight is 424 g/mol. The molecule has 150 valence electrons. The fraction of sp³-hybridized carbons (Fsp3) is 0.421. The van der Waals surface area contributed by atoms with Gasteiger partial charge in [0.25, 0.3) is 0 Å². The van der Waals surface area contributed by atoms with Gasteiger partial charge >= 0.3 is 0 Å². The Morgan fingerprint density at radius 3 is 2.61 bits per heavy atom. The summed E-state index contributed by atoms with van der Waals surface area (Å²) >= 11 is 12.0. The third-order valence-electron chi connectivity index (χ3n) is 4.69. The normalized spacial score (nSPS) is 14.8. The van der Waals surface area contributed by atoms with Crippen molar-refractivity contribution in [1.29, 1.82) is 0 Å². The molecule has 1 aliphatic rings. The van der Waals surface area contributed by atoms with Crippen molar-refractivity contribution in [3.05, 3.63) is 46.2 Å². The smallest absolute Gasteiger partial charge is 0.236 e. The molecular weight excluding hydrogens is 401 g/mol. The van der Waals surface area contributed by atoms with Crippen LogP contribution in [0.25, 0.3) is 0 Å². The molecule has 1 aromatic carbocycles. The van der Waals surface area contributed by atoms with E-state index in [0.29, 0.717) is 29.0 Å². The van der Waals surface area contributed by atoms with Gasteiger partial charge in [-0.3, -0.25) is 14.7 Å². The lowest BCUT2D eigenvalue weighted by atomic mass is 10.2. The van der Waals surface area contributed by atoms with Gasteiger partial charge in [-0.05, 0) is 17.7 Å². The van der Waals surface area contributed by atoms with Crippen molar-refractivity contribution in [2.24, 2.45) is 0 Å². The minimum Gasteiger partial charge on any atom is -0.480 e. The SMILES string of the molecule is COc1cncc(N2CCN(CC(=O)N(C)Cc3ccc(Cl)c(Cl)c3)CC2)n1. The van der Waals surface area contributed by atoms with Crippen molar-refractivity contribution in [2.75, 3.05) is 51.8 Å². The van der Waals surface area contributed by atoms with Gasteiger partial charge in [0.15, 0.2) is 5.82 Å². The van der Waals surface area contributed by atoms with Crippen LogP contribution >= 0.6 is 23.2 Å². The maximum atomic E-state index is 12.6. The molecule has 7 nitrogen and oxygen atoms in total. The Balaban J connectivity index is 1.49. The number of hydrogen-bond acceptors (Lipinski definition) is 6. The van der Waals surface area contributed by atoms with Gasteiger partial charge in [0, 0.05) is 39.8 Å². The van der Waals surface area contributed by atoms with E-state index in [9.17, 15) is 4.79 Å². The monoisotopic (exact) mass is 423 g/mol. The number of halogens is 2. The van der Waals surface area contributed by atoms with Crippen LogP contribution in [0.1, 0.15) is 5.56 Å². The number of methoxy groups -OCH3 is 1. The zero-order valence-electron chi connectivity index (χ0n) is 15.9. The number of hydrogen-bond donors (Lipinski definition) is 0. The number of piperazine rings is 1. The number of ether oxygens (including phenoxy) is 1. The Morgan fingerprint density at radius 2 is 1.93 bits per heavy atom. The molecule has 3 rings (SSSR count). The van der Waals surface area contributed by atoms with Gasteiger partial charge in [-0.15, -0.1) is 0 Å². The highest BCUT2D eigenvalue weighted by atomic mass is 35.5. The van der Waals surface area contributed by atoms with E-state index < -0.39 is 0 Å². The highest BCUT2D eigenvalue weighted by molar-refractivity contribution is 6.42. The zero-order valence-corrected chi connectivity index (χ0v) is 17.4. The molecule has 0 bridgehead atoms. The molecule has 1 aromatic heterocycles. The largest absolute Gasteiger partial charge is 0.480 e. The first kappa shape index (κ1) is 20.6. The number of likely N-dealkylation sites (N-methyl/N-ethyl adjacent to an activating group) is 1. The number of nitrogens with zero attached hydrogens (tertiary/aromatic N) is 5. The van der Waals surface area contributed by atoms with Gasteiger partial charge in [0.1, 0.15) is 0 Å². The van der Waals surface area contributed by atoms with Gasteiger partial charge in [-0.25, -0.2) is 0 Å². The van der Waals surface area contributed by atoms with Crippen molar-refractivity contribution in [1.82, 2.24) is 19.8 Å². The predicted octanol–water partition coefficient (Wildman–Crippen LogP) is 2.57. The molecule has 0 unspecified atom stereocenters. The van der Waals surface area contributed by atoms with E-state index in [2.05, 4.69) is 19.8 Å². The average Bonchev–Trinajstić information content (AvgIpc) is 2.71. The van der Waals surface area contributed by atoms with Crippen LogP contribution in [0, 0.1) is 0 Å². The summed E-state index contributed by atoms with van der Waals surface area (Å²) in [7, 11) is 3.37. The number of carbonyl (C=O) groups is 1. The minimum absolute atomic E-state index is 0.0701. The van der Waals surface area contributed by atoms with Crippen LogP contribution < -0.4 is 9.64 Å². The predicted molar refractivity (Wildman–Crippen MR) is 110 cm³/mol. The topological polar surface area (TPSA) is 61.8 Å². The molecular formula is C19H23Cl2N5O2. The number of rotatable bonds is 6. The number of benzene rings is 1. The summed E-state index contributed by atoms with van der Waals surface area (Å²) in [6.07, 6.45) is 3.32. The standard InChI is InChI=1S/C19H23Cl2N5O2/c1-24(12-14-3-4-15(20)16(21)9-14)19(27)13-25-5-7-26(8-6-25)17-10-22-11-18(23-17)28-2/h3-4,9-11H,5-8,12-13H2,1-2H3. The van der Waals surface area contributed by atoms with E-state index in [1.807, 2.05) is 6.07 Å². The van der Waals surface area contributed by atoms with Crippen LogP contribution in [0.5, 0.6) is 5.88 Å². The Kier molecular flexibility index (Phi) is 6.93. The minimum atomic E-state index is 0.0701. The van der Waals surface area contributed by atoms with Crippen molar-refractivity contribution < 1.29 is 9.53 Å². The maximum Gasteiger partial charge on any atom is 0.236 e. The van der Waals surface area contributed by atoms with Crippen LogP contribution in [0.4, 0.5) is 5.82 Å². The summed E-state index contributed by atoms with van der Waals surface area (Å²) < 4.78 is 5.13. The summed E-state index contributed by atoms with van der Waals surface area (Å²) in [5.41, 5.74) is 0.951. The number of anilines is 1. The Bertz CT molecular complexity index is 828. The van der Waals surface area contributed by atoms with E-state index in [0.717, 1.165) is 37.6 Å². The van der Waals surface area contributed by atoms with Crippen molar-refractivity contribution in [3.63, 3.8) is 0 Å². The number of amides is 1. The first-order valence-electron chi connectivity index (χ1n) is 8.97. The van der Waals surface area contributed by atoms with E-state index in [-0.39, 0.29) is 5.91 Å². The molecule has 1 fully saturated rings. The Labute approximate surface area is 174 Å². The summed E-state index contributed by atoms with van der Waals surface area (Å²) in [6, 6.07) is 5.42. The van der Waals surface area contributed by atoms with Crippen molar-refractivity contribution in [3.8, 4) is 5.88 Å². The Hall–Kier alpha value is -2.09. The number of carbonyl (C=O) groups excluding carboxylic acids is 1. The molecule has 0 aliphatic carbocycles.